The topological polar surface area (TPSA) is 89.8 Å². The third-order valence-corrected chi connectivity index (χ3v) is 6.47. The molecule has 0 saturated heterocycles. The van der Waals surface area contributed by atoms with E-state index >= 15 is 0 Å². The SMILES string of the molecule is COC(=O)C1=C(C)N=c2s/c(=C3/C(=O)Nc4ccccc43)c(=O)n2[C@@H]1c1ccccc1. The van der Waals surface area contributed by atoms with Crippen molar-refractivity contribution in [1.29, 1.82) is 0 Å². The summed E-state index contributed by atoms with van der Waals surface area (Å²) in [6.45, 7) is 1.72. The Hall–Kier alpha value is -3.78. The monoisotopic (exact) mass is 431 g/mol. The van der Waals surface area contributed by atoms with Crippen molar-refractivity contribution < 1.29 is 14.3 Å². The summed E-state index contributed by atoms with van der Waals surface area (Å²) in [5, 5.41) is 2.81. The average Bonchev–Trinajstić information content (AvgIpc) is 3.28. The molecule has 1 aromatic heterocycles. The predicted molar refractivity (Wildman–Crippen MR) is 116 cm³/mol. The molecule has 5 rings (SSSR count). The molecule has 0 saturated carbocycles. The van der Waals surface area contributed by atoms with E-state index in [1.807, 2.05) is 42.5 Å². The maximum atomic E-state index is 13.6. The molecule has 0 radical (unpaired) electrons. The summed E-state index contributed by atoms with van der Waals surface area (Å²) in [4.78, 5) is 44.0. The second kappa shape index (κ2) is 7.17. The van der Waals surface area contributed by atoms with Crippen LogP contribution in [0.2, 0.25) is 0 Å². The Balaban J connectivity index is 1.85. The lowest BCUT2D eigenvalue weighted by Gasteiger charge is -2.24. The molecule has 0 fully saturated rings. The van der Waals surface area contributed by atoms with Gasteiger partial charge in [0.15, 0.2) is 4.80 Å². The van der Waals surface area contributed by atoms with Gasteiger partial charge >= 0.3 is 5.97 Å². The Morgan fingerprint density at radius 3 is 2.55 bits per heavy atom. The first-order chi connectivity index (χ1) is 15.0. The fourth-order valence-electron chi connectivity index (χ4n) is 4.04. The third-order valence-electron chi connectivity index (χ3n) is 5.42. The van der Waals surface area contributed by atoms with Crippen molar-refractivity contribution >= 4 is 34.5 Å². The zero-order valence-electron chi connectivity index (χ0n) is 16.7. The highest BCUT2D eigenvalue weighted by atomic mass is 32.1. The van der Waals surface area contributed by atoms with Crippen molar-refractivity contribution in [3.8, 4) is 0 Å². The second-order valence-corrected chi connectivity index (χ2v) is 8.16. The van der Waals surface area contributed by atoms with Crippen LogP contribution in [-0.2, 0) is 14.3 Å². The van der Waals surface area contributed by atoms with E-state index in [1.165, 1.54) is 11.7 Å². The summed E-state index contributed by atoms with van der Waals surface area (Å²) >= 11 is 1.15. The van der Waals surface area contributed by atoms with E-state index in [0.29, 0.717) is 37.4 Å². The summed E-state index contributed by atoms with van der Waals surface area (Å²) in [7, 11) is 1.30. The van der Waals surface area contributed by atoms with Crippen LogP contribution in [0.3, 0.4) is 0 Å². The minimum Gasteiger partial charge on any atom is -0.466 e. The van der Waals surface area contributed by atoms with Gasteiger partial charge in [0, 0.05) is 11.3 Å². The van der Waals surface area contributed by atoms with Gasteiger partial charge in [0.1, 0.15) is 4.53 Å². The number of benzene rings is 2. The lowest BCUT2D eigenvalue weighted by Crippen LogP contribution is -2.40. The van der Waals surface area contributed by atoms with Gasteiger partial charge in [-0.2, -0.15) is 0 Å². The highest BCUT2D eigenvalue weighted by Crippen LogP contribution is 2.32. The van der Waals surface area contributed by atoms with Crippen LogP contribution < -0.4 is 20.2 Å². The van der Waals surface area contributed by atoms with Crippen molar-refractivity contribution in [2.45, 2.75) is 13.0 Å². The Labute approximate surface area is 180 Å². The first kappa shape index (κ1) is 19.2. The number of allylic oxidation sites excluding steroid dienone is 1. The molecule has 1 atom stereocenters. The highest BCUT2D eigenvalue weighted by molar-refractivity contribution is 7.07. The van der Waals surface area contributed by atoms with Crippen LogP contribution in [0.5, 0.6) is 0 Å². The van der Waals surface area contributed by atoms with Crippen LogP contribution >= 0.6 is 11.3 Å². The number of nitrogens with zero attached hydrogens (tertiary/aromatic N) is 2. The number of hydrogen-bond donors (Lipinski definition) is 1. The normalized spacial score (nSPS) is 18.8. The van der Waals surface area contributed by atoms with Crippen LogP contribution in [0.1, 0.15) is 24.1 Å². The van der Waals surface area contributed by atoms with E-state index in [4.69, 9.17) is 4.74 Å². The molecule has 1 N–H and O–H groups in total. The minimum atomic E-state index is -0.695. The first-order valence-corrected chi connectivity index (χ1v) is 10.4. The molecule has 154 valence electrons. The number of amides is 1. The molecule has 2 aliphatic rings. The number of rotatable bonds is 2. The van der Waals surface area contributed by atoms with Crippen LogP contribution in [0.4, 0.5) is 5.69 Å². The number of hydrogen-bond acceptors (Lipinski definition) is 6. The van der Waals surface area contributed by atoms with Gasteiger partial charge in [0.05, 0.1) is 30.0 Å². The third kappa shape index (κ3) is 2.87. The smallest absolute Gasteiger partial charge is 0.338 e. The predicted octanol–water partition coefficient (Wildman–Crippen LogP) is 1.73. The number of anilines is 1. The molecular weight excluding hydrogens is 414 g/mol. The highest BCUT2D eigenvalue weighted by Gasteiger charge is 2.34. The number of aromatic nitrogens is 1. The van der Waals surface area contributed by atoms with Gasteiger partial charge in [-0.15, -0.1) is 0 Å². The Morgan fingerprint density at radius 2 is 1.81 bits per heavy atom. The van der Waals surface area contributed by atoms with E-state index < -0.39 is 12.0 Å². The number of nitrogens with one attached hydrogen (secondary N) is 1. The van der Waals surface area contributed by atoms with Gasteiger partial charge in [0.25, 0.3) is 11.5 Å². The van der Waals surface area contributed by atoms with Crippen molar-refractivity contribution in [2.75, 3.05) is 12.4 Å². The number of fused-ring (bicyclic) bond motifs is 2. The minimum absolute atomic E-state index is 0.293. The number of carbonyl (C=O) groups excluding carboxylic acids is 2. The van der Waals surface area contributed by atoms with Crippen LogP contribution in [-0.4, -0.2) is 23.6 Å². The molecule has 0 spiro atoms. The average molecular weight is 431 g/mol. The van der Waals surface area contributed by atoms with E-state index in [2.05, 4.69) is 10.3 Å². The van der Waals surface area contributed by atoms with E-state index in [-0.39, 0.29) is 11.5 Å². The number of methoxy groups -OCH3 is 1. The van der Waals surface area contributed by atoms with E-state index in [1.54, 1.807) is 19.1 Å². The van der Waals surface area contributed by atoms with Gasteiger partial charge in [-0.05, 0) is 18.6 Å². The fraction of sp³-hybridized carbons (Fsp3) is 0.130. The molecule has 0 aliphatic carbocycles. The van der Waals surface area contributed by atoms with Crippen molar-refractivity contribution in [3.05, 3.63) is 96.7 Å². The van der Waals surface area contributed by atoms with Gasteiger partial charge in [-0.1, -0.05) is 59.9 Å². The molecule has 0 bridgehead atoms. The zero-order valence-corrected chi connectivity index (χ0v) is 17.5. The lowest BCUT2D eigenvalue weighted by atomic mass is 9.96. The van der Waals surface area contributed by atoms with Gasteiger partial charge in [-0.25, -0.2) is 9.79 Å². The zero-order chi connectivity index (χ0) is 21.7. The molecule has 2 aromatic carbocycles. The molecule has 2 aliphatic heterocycles. The molecule has 31 heavy (non-hydrogen) atoms. The van der Waals surface area contributed by atoms with Crippen LogP contribution in [0, 0.1) is 0 Å². The number of thiazole rings is 1. The first-order valence-electron chi connectivity index (χ1n) is 9.60. The van der Waals surface area contributed by atoms with Crippen LogP contribution in [0.25, 0.3) is 5.57 Å². The Bertz CT molecular complexity index is 1460. The standard InChI is InChI=1S/C23H17N3O4S/c1-12-16(22(29)30-2)18(13-8-4-3-5-9-13)26-21(28)19(31-23(26)24-12)17-14-10-6-7-11-15(14)25-20(17)27/h3-11,18H,1-2H3,(H,25,27)/b19-17+/t18-/m1/s1. The lowest BCUT2D eigenvalue weighted by molar-refractivity contribution is -0.136. The number of esters is 1. The number of carbonyl (C=O) groups is 2. The summed E-state index contributed by atoms with van der Waals surface area (Å²) in [5.74, 6) is -0.872. The van der Waals surface area contributed by atoms with Crippen molar-refractivity contribution in [2.24, 2.45) is 4.99 Å². The summed E-state index contributed by atoms with van der Waals surface area (Å²) in [6, 6.07) is 15.8. The molecule has 7 nitrogen and oxygen atoms in total. The van der Waals surface area contributed by atoms with E-state index in [0.717, 1.165) is 16.9 Å². The van der Waals surface area contributed by atoms with Gasteiger partial charge in [-0.3, -0.25) is 14.2 Å². The number of para-hydroxylation sites is 1. The summed E-state index contributed by atoms with van der Waals surface area (Å²) in [6.07, 6.45) is 0. The van der Waals surface area contributed by atoms with E-state index in [9.17, 15) is 14.4 Å². The quantitative estimate of drug-likeness (QED) is 0.626. The van der Waals surface area contributed by atoms with Crippen molar-refractivity contribution in [3.63, 3.8) is 0 Å². The largest absolute Gasteiger partial charge is 0.466 e. The molecule has 1 amide bonds. The molecular formula is C23H17N3O4S. The molecule has 0 unspecified atom stereocenters. The van der Waals surface area contributed by atoms with Gasteiger partial charge < -0.3 is 10.1 Å². The molecule has 3 heterocycles. The fourth-order valence-corrected chi connectivity index (χ4v) is 5.18. The molecule has 3 aromatic rings. The van der Waals surface area contributed by atoms with Gasteiger partial charge in [0.2, 0.25) is 0 Å². The Kier molecular flexibility index (Phi) is 4.44. The summed E-state index contributed by atoms with van der Waals surface area (Å²) < 4.78 is 6.77. The molecule has 8 heteroatoms. The second-order valence-electron chi connectivity index (χ2n) is 7.18. The van der Waals surface area contributed by atoms with Crippen LogP contribution in [0.15, 0.2) is 75.7 Å². The Morgan fingerprint density at radius 1 is 1.10 bits per heavy atom. The maximum absolute atomic E-state index is 13.6. The number of ether oxygens (including phenoxy) is 1. The van der Waals surface area contributed by atoms with Crippen molar-refractivity contribution in [1.82, 2.24) is 4.57 Å². The maximum Gasteiger partial charge on any atom is 0.338 e. The summed E-state index contributed by atoms with van der Waals surface area (Å²) in [5.41, 5.74) is 2.84.